The molecule has 1 heterocycles. The van der Waals surface area contributed by atoms with Crippen molar-refractivity contribution in [3.63, 3.8) is 0 Å². The third kappa shape index (κ3) is 5.13. The Bertz CT molecular complexity index is 280. The van der Waals surface area contributed by atoms with Gasteiger partial charge in [0, 0.05) is 16.3 Å². The van der Waals surface area contributed by atoms with Crippen LogP contribution in [0, 0.1) is 12.8 Å². The van der Waals surface area contributed by atoms with Crippen LogP contribution in [0.2, 0.25) is 0 Å². The van der Waals surface area contributed by atoms with Gasteiger partial charge in [-0.2, -0.15) is 0 Å². The van der Waals surface area contributed by atoms with E-state index in [4.69, 9.17) is 0 Å². The Morgan fingerprint density at radius 1 is 1.31 bits per heavy atom. The van der Waals surface area contributed by atoms with Gasteiger partial charge in [0.25, 0.3) is 0 Å². The summed E-state index contributed by atoms with van der Waals surface area (Å²) in [6.07, 6.45) is 5.37. The molecule has 0 bridgehead atoms. The second-order valence-corrected chi connectivity index (χ2v) is 5.93. The summed E-state index contributed by atoms with van der Waals surface area (Å²) < 4.78 is 0. The minimum Gasteiger partial charge on any atom is -0.312 e. The quantitative estimate of drug-likeness (QED) is 0.710. The lowest BCUT2D eigenvalue weighted by molar-refractivity contribution is 0.420. The highest BCUT2D eigenvalue weighted by atomic mass is 32.1. The van der Waals surface area contributed by atoms with Gasteiger partial charge in [0.15, 0.2) is 0 Å². The fourth-order valence-corrected chi connectivity index (χ4v) is 2.78. The molecule has 16 heavy (non-hydrogen) atoms. The van der Waals surface area contributed by atoms with E-state index in [1.807, 2.05) is 11.3 Å². The molecule has 0 aliphatic heterocycles. The molecular weight excluding hydrogens is 214 g/mol. The highest BCUT2D eigenvalue weighted by molar-refractivity contribution is 7.11. The summed E-state index contributed by atoms with van der Waals surface area (Å²) in [5.41, 5.74) is 0. The molecule has 1 atom stereocenters. The largest absolute Gasteiger partial charge is 0.312 e. The first-order valence-corrected chi connectivity index (χ1v) is 7.34. The summed E-state index contributed by atoms with van der Waals surface area (Å²) in [5, 5.41) is 3.59. The minimum absolute atomic E-state index is 0.862. The molecule has 0 saturated carbocycles. The van der Waals surface area contributed by atoms with Crippen LogP contribution in [0.15, 0.2) is 12.1 Å². The molecule has 0 saturated heterocycles. The zero-order valence-electron chi connectivity index (χ0n) is 10.9. The minimum atomic E-state index is 0.862. The third-order valence-electron chi connectivity index (χ3n) is 3.07. The Kier molecular flexibility index (Phi) is 6.74. The third-order valence-corrected chi connectivity index (χ3v) is 4.07. The van der Waals surface area contributed by atoms with E-state index in [2.05, 4.69) is 38.2 Å². The Morgan fingerprint density at radius 2 is 2.12 bits per heavy atom. The van der Waals surface area contributed by atoms with Crippen LogP contribution in [0.3, 0.4) is 0 Å². The number of unbranched alkanes of at least 4 members (excludes halogenated alkanes) is 1. The van der Waals surface area contributed by atoms with Gasteiger partial charge in [0.2, 0.25) is 0 Å². The molecule has 1 unspecified atom stereocenters. The van der Waals surface area contributed by atoms with Gasteiger partial charge in [0.05, 0.1) is 0 Å². The van der Waals surface area contributed by atoms with Crippen molar-refractivity contribution in [2.75, 3.05) is 6.54 Å². The first kappa shape index (κ1) is 13.7. The summed E-state index contributed by atoms with van der Waals surface area (Å²) in [6.45, 7) is 8.96. The normalized spacial score (nSPS) is 12.9. The maximum atomic E-state index is 3.59. The molecule has 0 fully saturated rings. The van der Waals surface area contributed by atoms with Crippen molar-refractivity contribution >= 4 is 11.3 Å². The van der Waals surface area contributed by atoms with Crippen molar-refractivity contribution in [2.24, 2.45) is 5.92 Å². The topological polar surface area (TPSA) is 12.0 Å². The molecular formula is C14H25NS. The average molecular weight is 239 g/mol. The van der Waals surface area contributed by atoms with Crippen molar-refractivity contribution in [3.8, 4) is 0 Å². The lowest BCUT2D eigenvalue weighted by Gasteiger charge is -2.14. The van der Waals surface area contributed by atoms with E-state index in [9.17, 15) is 0 Å². The highest BCUT2D eigenvalue weighted by Crippen LogP contribution is 2.15. The molecule has 0 aliphatic carbocycles. The summed E-state index contributed by atoms with van der Waals surface area (Å²) in [4.78, 5) is 2.87. The zero-order valence-corrected chi connectivity index (χ0v) is 11.7. The number of thiophene rings is 1. The van der Waals surface area contributed by atoms with E-state index in [0.29, 0.717) is 0 Å². The molecule has 0 radical (unpaired) electrons. The zero-order chi connectivity index (χ0) is 11.8. The molecule has 1 aromatic heterocycles. The predicted molar refractivity (Wildman–Crippen MR) is 74.1 cm³/mol. The number of aryl methyl sites for hydroxylation is 1. The van der Waals surface area contributed by atoms with Crippen molar-refractivity contribution < 1.29 is 0 Å². The van der Waals surface area contributed by atoms with E-state index in [-0.39, 0.29) is 0 Å². The van der Waals surface area contributed by atoms with Crippen LogP contribution in [-0.2, 0) is 6.54 Å². The predicted octanol–water partition coefficient (Wildman–Crippen LogP) is 4.36. The molecule has 1 nitrogen and oxygen atoms in total. The fraction of sp³-hybridized carbons (Fsp3) is 0.714. The van der Waals surface area contributed by atoms with Crippen molar-refractivity contribution in [2.45, 2.75) is 53.0 Å². The van der Waals surface area contributed by atoms with Gasteiger partial charge < -0.3 is 5.32 Å². The number of hydrogen-bond donors (Lipinski definition) is 1. The standard InChI is InChI=1S/C14H25NS/c1-4-6-7-13(5-2)10-15-11-14-9-8-12(3)16-14/h8-9,13,15H,4-7,10-11H2,1-3H3. The average Bonchev–Trinajstić information content (AvgIpc) is 2.69. The molecule has 0 aliphatic rings. The smallest absolute Gasteiger partial charge is 0.0299 e. The lowest BCUT2D eigenvalue weighted by Crippen LogP contribution is -2.21. The SMILES string of the molecule is CCCCC(CC)CNCc1ccc(C)s1. The molecule has 1 N–H and O–H groups in total. The fourth-order valence-electron chi connectivity index (χ4n) is 1.92. The maximum Gasteiger partial charge on any atom is 0.0299 e. The number of rotatable bonds is 8. The van der Waals surface area contributed by atoms with Crippen molar-refractivity contribution in [1.82, 2.24) is 5.32 Å². The second-order valence-electron chi connectivity index (χ2n) is 4.56. The Labute approximate surface area is 104 Å². The Morgan fingerprint density at radius 3 is 2.69 bits per heavy atom. The summed E-state index contributed by atoms with van der Waals surface area (Å²) in [5.74, 6) is 0.862. The van der Waals surface area contributed by atoms with E-state index >= 15 is 0 Å². The molecule has 92 valence electrons. The van der Waals surface area contributed by atoms with E-state index in [1.54, 1.807) is 0 Å². The van der Waals surface area contributed by atoms with Gasteiger partial charge in [-0.05, 0) is 37.9 Å². The maximum absolute atomic E-state index is 3.59. The molecule has 1 aromatic rings. The molecule has 2 heteroatoms. The number of hydrogen-bond acceptors (Lipinski definition) is 2. The van der Waals surface area contributed by atoms with Gasteiger partial charge in [-0.25, -0.2) is 0 Å². The van der Waals surface area contributed by atoms with Crippen LogP contribution < -0.4 is 5.32 Å². The van der Waals surface area contributed by atoms with Crippen molar-refractivity contribution in [3.05, 3.63) is 21.9 Å². The van der Waals surface area contributed by atoms with Crippen LogP contribution in [0.1, 0.15) is 49.3 Å². The van der Waals surface area contributed by atoms with Gasteiger partial charge in [-0.15, -0.1) is 11.3 Å². The molecule has 0 amide bonds. The number of nitrogens with one attached hydrogen (secondary N) is 1. The highest BCUT2D eigenvalue weighted by Gasteiger charge is 2.05. The van der Waals surface area contributed by atoms with Crippen LogP contribution in [0.5, 0.6) is 0 Å². The van der Waals surface area contributed by atoms with Crippen LogP contribution in [0.4, 0.5) is 0 Å². The first-order valence-electron chi connectivity index (χ1n) is 6.52. The summed E-state index contributed by atoms with van der Waals surface area (Å²) in [6, 6.07) is 4.44. The van der Waals surface area contributed by atoms with E-state index < -0.39 is 0 Å². The van der Waals surface area contributed by atoms with Crippen molar-refractivity contribution in [1.29, 1.82) is 0 Å². The van der Waals surface area contributed by atoms with E-state index in [0.717, 1.165) is 12.5 Å². The van der Waals surface area contributed by atoms with Gasteiger partial charge in [-0.1, -0.05) is 33.1 Å². The van der Waals surface area contributed by atoms with Gasteiger partial charge >= 0.3 is 0 Å². The monoisotopic (exact) mass is 239 g/mol. The summed E-state index contributed by atoms with van der Waals surface area (Å²) >= 11 is 1.90. The van der Waals surface area contributed by atoms with Crippen LogP contribution in [-0.4, -0.2) is 6.54 Å². The van der Waals surface area contributed by atoms with Gasteiger partial charge in [0.1, 0.15) is 0 Å². The van der Waals surface area contributed by atoms with Gasteiger partial charge in [-0.3, -0.25) is 0 Å². The Hall–Kier alpha value is -0.340. The molecule has 0 spiro atoms. The molecule has 0 aromatic carbocycles. The summed E-state index contributed by atoms with van der Waals surface area (Å²) in [7, 11) is 0. The second kappa shape index (κ2) is 7.86. The molecule has 1 rings (SSSR count). The first-order chi connectivity index (χ1) is 7.76. The van der Waals surface area contributed by atoms with Crippen LogP contribution in [0.25, 0.3) is 0 Å². The van der Waals surface area contributed by atoms with E-state index in [1.165, 1.54) is 42.0 Å². The lowest BCUT2D eigenvalue weighted by atomic mass is 9.99. The van der Waals surface area contributed by atoms with Crippen LogP contribution >= 0.6 is 11.3 Å². The Balaban J connectivity index is 2.17.